The van der Waals surface area contributed by atoms with Gasteiger partial charge in [-0.05, 0) is 12.8 Å². The van der Waals surface area contributed by atoms with Crippen molar-refractivity contribution in [3.05, 3.63) is 0 Å². The molecule has 2 bridgehead atoms. The zero-order chi connectivity index (χ0) is 13.3. The molecular weight excluding hydrogens is 248 g/mol. The SMILES string of the molecule is CCC1OC(CC)C2C3OC(C4C(=O)OC(=O)C34)C12. The third-order valence-corrected chi connectivity index (χ3v) is 5.37. The first-order valence-corrected chi connectivity index (χ1v) is 7.23. The van der Waals surface area contributed by atoms with Crippen molar-refractivity contribution in [3.63, 3.8) is 0 Å². The molecule has 4 rings (SSSR count). The van der Waals surface area contributed by atoms with E-state index in [1.54, 1.807) is 0 Å². The maximum absolute atomic E-state index is 11.8. The highest BCUT2D eigenvalue weighted by atomic mass is 16.6. The molecule has 4 heterocycles. The number of rotatable bonds is 2. The summed E-state index contributed by atoms with van der Waals surface area (Å²) < 4.78 is 16.9. The maximum Gasteiger partial charge on any atom is 0.320 e. The lowest BCUT2D eigenvalue weighted by Crippen LogP contribution is -2.44. The van der Waals surface area contributed by atoms with Gasteiger partial charge in [-0.2, -0.15) is 0 Å². The van der Waals surface area contributed by atoms with Gasteiger partial charge >= 0.3 is 11.9 Å². The third-order valence-electron chi connectivity index (χ3n) is 5.37. The molecule has 104 valence electrons. The molecule has 0 radical (unpaired) electrons. The summed E-state index contributed by atoms with van der Waals surface area (Å²) >= 11 is 0. The summed E-state index contributed by atoms with van der Waals surface area (Å²) in [7, 11) is 0. The van der Waals surface area contributed by atoms with Crippen LogP contribution >= 0.6 is 0 Å². The number of ether oxygens (including phenoxy) is 3. The van der Waals surface area contributed by atoms with Crippen LogP contribution in [0.5, 0.6) is 0 Å². The molecule has 0 amide bonds. The van der Waals surface area contributed by atoms with Crippen LogP contribution in [-0.4, -0.2) is 36.4 Å². The summed E-state index contributed by atoms with van der Waals surface area (Å²) in [5.41, 5.74) is 0. The first-order valence-electron chi connectivity index (χ1n) is 7.23. The molecule has 0 aromatic heterocycles. The molecule has 4 aliphatic rings. The second-order valence-electron chi connectivity index (χ2n) is 6.04. The summed E-state index contributed by atoms with van der Waals surface area (Å²) in [4.78, 5) is 23.7. The van der Waals surface area contributed by atoms with Crippen LogP contribution in [0.1, 0.15) is 26.7 Å². The minimum absolute atomic E-state index is 0.148. The molecule has 4 aliphatic heterocycles. The quantitative estimate of drug-likeness (QED) is 0.549. The van der Waals surface area contributed by atoms with Gasteiger partial charge in [0.1, 0.15) is 0 Å². The Bertz CT molecular complexity index is 409. The van der Waals surface area contributed by atoms with E-state index in [9.17, 15) is 9.59 Å². The average molecular weight is 266 g/mol. The number of esters is 2. The van der Waals surface area contributed by atoms with Crippen LogP contribution in [0.25, 0.3) is 0 Å². The van der Waals surface area contributed by atoms with E-state index in [2.05, 4.69) is 13.8 Å². The number of hydrogen-bond acceptors (Lipinski definition) is 5. The minimum atomic E-state index is -0.393. The van der Waals surface area contributed by atoms with Crippen molar-refractivity contribution in [2.75, 3.05) is 0 Å². The Hall–Kier alpha value is -0.940. The van der Waals surface area contributed by atoms with Crippen LogP contribution in [-0.2, 0) is 23.8 Å². The second kappa shape index (κ2) is 3.79. The molecule has 19 heavy (non-hydrogen) atoms. The lowest BCUT2D eigenvalue weighted by molar-refractivity contribution is -0.157. The van der Waals surface area contributed by atoms with Gasteiger partial charge < -0.3 is 14.2 Å². The van der Waals surface area contributed by atoms with Crippen molar-refractivity contribution in [3.8, 4) is 0 Å². The van der Waals surface area contributed by atoms with Crippen LogP contribution in [0.2, 0.25) is 0 Å². The highest BCUT2D eigenvalue weighted by Crippen LogP contribution is 2.59. The van der Waals surface area contributed by atoms with E-state index in [1.807, 2.05) is 0 Å². The van der Waals surface area contributed by atoms with E-state index >= 15 is 0 Å². The Morgan fingerprint density at radius 1 is 0.842 bits per heavy atom. The highest BCUT2D eigenvalue weighted by Gasteiger charge is 2.72. The molecular formula is C14H18O5. The second-order valence-corrected chi connectivity index (χ2v) is 6.04. The molecule has 0 spiro atoms. The lowest BCUT2D eigenvalue weighted by Gasteiger charge is -2.29. The first-order chi connectivity index (χ1) is 9.17. The first kappa shape index (κ1) is 11.9. The molecule has 0 N–H and O–H groups in total. The van der Waals surface area contributed by atoms with Crippen LogP contribution < -0.4 is 0 Å². The Morgan fingerprint density at radius 2 is 1.32 bits per heavy atom. The van der Waals surface area contributed by atoms with Crippen LogP contribution in [0.15, 0.2) is 0 Å². The number of carbonyl (C=O) groups is 2. The van der Waals surface area contributed by atoms with Crippen LogP contribution in [0.4, 0.5) is 0 Å². The van der Waals surface area contributed by atoms with E-state index in [4.69, 9.17) is 14.2 Å². The topological polar surface area (TPSA) is 61.8 Å². The van der Waals surface area contributed by atoms with E-state index < -0.39 is 11.9 Å². The molecule has 8 unspecified atom stereocenters. The van der Waals surface area contributed by atoms with Gasteiger partial charge in [0.2, 0.25) is 0 Å². The van der Waals surface area contributed by atoms with E-state index in [-0.39, 0.29) is 48.1 Å². The third kappa shape index (κ3) is 1.28. The Balaban J connectivity index is 1.72. The molecule has 0 aromatic carbocycles. The van der Waals surface area contributed by atoms with Crippen LogP contribution in [0.3, 0.4) is 0 Å². The molecule has 5 nitrogen and oxygen atoms in total. The fourth-order valence-corrected chi connectivity index (χ4v) is 4.72. The number of cyclic esters (lactones) is 2. The molecule has 4 saturated heterocycles. The van der Waals surface area contributed by atoms with E-state index in [0.29, 0.717) is 0 Å². The van der Waals surface area contributed by atoms with Crippen molar-refractivity contribution in [2.24, 2.45) is 23.7 Å². The number of hydrogen-bond donors (Lipinski definition) is 0. The van der Waals surface area contributed by atoms with Gasteiger partial charge in [-0.15, -0.1) is 0 Å². The average Bonchev–Trinajstić information content (AvgIpc) is 3.09. The van der Waals surface area contributed by atoms with Crippen molar-refractivity contribution in [1.82, 2.24) is 0 Å². The van der Waals surface area contributed by atoms with Crippen molar-refractivity contribution < 1.29 is 23.8 Å². The highest BCUT2D eigenvalue weighted by molar-refractivity contribution is 5.98. The number of fused-ring (bicyclic) bond motifs is 8. The van der Waals surface area contributed by atoms with Gasteiger partial charge in [-0.3, -0.25) is 9.59 Å². The summed E-state index contributed by atoms with van der Waals surface area (Å²) in [6, 6.07) is 0. The molecule has 0 aromatic rings. The van der Waals surface area contributed by atoms with Gasteiger partial charge in [0.05, 0.1) is 36.3 Å². The summed E-state index contributed by atoms with van der Waals surface area (Å²) in [5.74, 6) is -1.05. The fraction of sp³-hybridized carbons (Fsp3) is 0.857. The lowest BCUT2D eigenvalue weighted by atomic mass is 9.66. The molecule has 4 fully saturated rings. The smallest absolute Gasteiger partial charge is 0.320 e. The monoisotopic (exact) mass is 266 g/mol. The van der Waals surface area contributed by atoms with Gasteiger partial charge in [0, 0.05) is 11.8 Å². The van der Waals surface area contributed by atoms with Gasteiger partial charge in [0.15, 0.2) is 0 Å². The predicted molar refractivity (Wildman–Crippen MR) is 63.0 cm³/mol. The van der Waals surface area contributed by atoms with E-state index in [0.717, 1.165) is 12.8 Å². The molecule has 0 saturated carbocycles. The summed E-state index contributed by atoms with van der Waals surface area (Å²) in [6.45, 7) is 4.20. The number of carbonyl (C=O) groups excluding carboxylic acids is 2. The largest absolute Gasteiger partial charge is 0.393 e. The zero-order valence-corrected chi connectivity index (χ0v) is 11.1. The van der Waals surface area contributed by atoms with E-state index in [1.165, 1.54) is 0 Å². The minimum Gasteiger partial charge on any atom is -0.393 e. The summed E-state index contributed by atoms with van der Waals surface area (Å²) in [6.07, 6.45) is 1.78. The molecule has 5 heteroatoms. The Kier molecular flexibility index (Phi) is 2.37. The maximum atomic E-state index is 11.8. The zero-order valence-electron chi connectivity index (χ0n) is 11.1. The van der Waals surface area contributed by atoms with Gasteiger partial charge in [-0.1, -0.05) is 13.8 Å². The molecule has 0 aliphatic carbocycles. The normalized spacial score (nSPS) is 54.4. The molecule has 8 atom stereocenters. The van der Waals surface area contributed by atoms with Crippen molar-refractivity contribution in [2.45, 2.75) is 51.1 Å². The predicted octanol–water partition coefficient (Wildman–Crippen LogP) is 0.903. The van der Waals surface area contributed by atoms with Gasteiger partial charge in [0.25, 0.3) is 0 Å². The summed E-state index contributed by atoms with van der Waals surface area (Å²) in [5, 5.41) is 0. The standard InChI is InChI=1S/C14H18O5/c1-3-5-7-8(6(4-2)17-5)12-10-9(11(7)18-12)13(15)19-14(10)16/h5-12H,3-4H2,1-2H3. The Labute approximate surface area is 111 Å². The Morgan fingerprint density at radius 3 is 1.74 bits per heavy atom. The van der Waals surface area contributed by atoms with Gasteiger partial charge in [-0.25, -0.2) is 0 Å². The van der Waals surface area contributed by atoms with Crippen molar-refractivity contribution in [1.29, 1.82) is 0 Å². The fourth-order valence-electron chi connectivity index (χ4n) is 4.72. The van der Waals surface area contributed by atoms with Crippen LogP contribution in [0, 0.1) is 23.7 Å². The van der Waals surface area contributed by atoms with Crippen molar-refractivity contribution >= 4 is 11.9 Å².